The fourth-order valence-corrected chi connectivity index (χ4v) is 3.89. The van der Waals surface area contributed by atoms with Crippen molar-refractivity contribution >= 4 is 28.8 Å². The summed E-state index contributed by atoms with van der Waals surface area (Å²) < 4.78 is 30.2. The Hall–Kier alpha value is -4.33. The number of amides is 2. The number of rotatable bonds is 6. The van der Waals surface area contributed by atoms with Gasteiger partial charge in [0, 0.05) is 11.8 Å². The molecular formula is C26H21FN2O5. The van der Waals surface area contributed by atoms with Gasteiger partial charge in [0.25, 0.3) is 11.8 Å². The zero-order chi connectivity index (χ0) is 23.7. The molecule has 0 radical (unpaired) electrons. The van der Waals surface area contributed by atoms with Gasteiger partial charge in [-0.2, -0.15) is 0 Å². The van der Waals surface area contributed by atoms with Crippen molar-refractivity contribution in [3.63, 3.8) is 0 Å². The predicted octanol–water partition coefficient (Wildman–Crippen LogP) is 4.39. The number of fused-ring (bicyclic) bond motifs is 1. The third-order valence-electron chi connectivity index (χ3n) is 5.43. The third kappa shape index (κ3) is 3.94. The second-order valence-electron chi connectivity index (χ2n) is 7.61. The fraction of sp³-hybridized carbons (Fsp3) is 0.154. The maximum Gasteiger partial charge on any atom is 0.282 e. The lowest BCUT2D eigenvalue weighted by Gasteiger charge is -2.19. The lowest BCUT2D eigenvalue weighted by Crippen LogP contribution is -2.32. The Morgan fingerprint density at radius 3 is 2.32 bits per heavy atom. The van der Waals surface area contributed by atoms with Gasteiger partial charge in [0.1, 0.15) is 30.5 Å². The number of halogens is 1. The van der Waals surface area contributed by atoms with E-state index in [1.54, 1.807) is 42.5 Å². The molecule has 2 aliphatic heterocycles. The highest BCUT2D eigenvalue weighted by atomic mass is 19.1. The first-order valence-corrected chi connectivity index (χ1v) is 10.8. The normalized spacial score (nSPS) is 15.1. The highest BCUT2D eigenvalue weighted by Crippen LogP contribution is 2.37. The van der Waals surface area contributed by atoms with Crippen LogP contribution in [0.4, 0.5) is 15.8 Å². The van der Waals surface area contributed by atoms with Gasteiger partial charge in [-0.3, -0.25) is 9.59 Å². The highest BCUT2D eigenvalue weighted by molar-refractivity contribution is 6.46. The lowest BCUT2D eigenvalue weighted by molar-refractivity contribution is -0.120. The number of nitrogens with zero attached hydrogens (tertiary/aromatic N) is 1. The zero-order valence-electron chi connectivity index (χ0n) is 18.3. The minimum absolute atomic E-state index is 0.0853. The Labute approximate surface area is 195 Å². The van der Waals surface area contributed by atoms with Gasteiger partial charge in [-0.15, -0.1) is 0 Å². The van der Waals surface area contributed by atoms with Crippen LogP contribution < -0.4 is 24.4 Å². The Morgan fingerprint density at radius 1 is 0.912 bits per heavy atom. The van der Waals surface area contributed by atoms with Crippen LogP contribution in [0.1, 0.15) is 12.5 Å². The summed E-state index contributed by atoms with van der Waals surface area (Å²) in [5.74, 6) is 0.302. The summed E-state index contributed by atoms with van der Waals surface area (Å²) in [5, 5.41) is 3.08. The minimum atomic E-state index is -0.525. The second kappa shape index (κ2) is 8.90. The number of nitrogens with one attached hydrogen (secondary N) is 1. The standard InChI is InChI=1S/C26H21FN2O5/c1-2-32-20-10-8-19(9-11-20)29-25(30)23(16-3-5-17(27)6-4-16)24(26(29)31)28-18-7-12-21-22(15-18)34-14-13-33-21/h3-12,15,28H,2,13-14H2,1H3. The van der Waals surface area contributed by atoms with Crippen molar-refractivity contribution in [3.05, 3.63) is 83.8 Å². The van der Waals surface area contributed by atoms with Crippen molar-refractivity contribution in [2.75, 3.05) is 30.0 Å². The summed E-state index contributed by atoms with van der Waals surface area (Å²) in [6, 6.07) is 17.3. The van der Waals surface area contributed by atoms with Crippen LogP contribution in [0.15, 0.2) is 72.4 Å². The first kappa shape index (κ1) is 21.5. The van der Waals surface area contributed by atoms with Gasteiger partial charge < -0.3 is 19.5 Å². The summed E-state index contributed by atoms with van der Waals surface area (Å²) in [4.78, 5) is 28.1. The molecule has 0 saturated carbocycles. The Bertz CT molecular complexity index is 1290. The lowest BCUT2D eigenvalue weighted by atomic mass is 10.0. The SMILES string of the molecule is CCOc1ccc(N2C(=O)C(Nc3ccc4c(c3)OCCO4)=C(c3ccc(F)cc3)C2=O)cc1. The van der Waals surface area contributed by atoms with Crippen molar-refractivity contribution in [1.82, 2.24) is 0 Å². The smallest absolute Gasteiger partial charge is 0.282 e. The van der Waals surface area contributed by atoms with Crippen molar-refractivity contribution in [1.29, 1.82) is 0 Å². The summed E-state index contributed by atoms with van der Waals surface area (Å²) in [5.41, 5.74) is 1.61. The third-order valence-corrected chi connectivity index (χ3v) is 5.43. The van der Waals surface area contributed by atoms with E-state index in [-0.39, 0.29) is 11.3 Å². The van der Waals surface area contributed by atoms with E-state index in [2.05, 4.69) is 5.32 Å². The highest BCUT2D eigenvalue weighted by Gasteiger charge is 2.40. The van der Waals surface area contributed by atoms with Crippen LogP contribution in [-0.2, 0) is 9.59 Å². The van der Waals surface area contributed by atoms with Crippen LogP contribution in [0, 0.1) is 5.82 Å². The van der Waals surface area contributed by atoms with Gasteiger partial charge in [0.15, 0.2) is 11.5 Å². The molecule has 0 atom stereocenters. The monoisotopic (exact) mass is 460 g/mol. The maximum atomic E-state index is 13.6. The molecular weight excluding hydrogens is 439 g/mol. The van der Waals surface area contributed by atoms with E-state index in [0.29, 0.717) is 54.0 Å². The molecule has 7 nitrogen and oxygen atoms in total. The fourth-order valence-electron chi connectivity index (χ4n) is 3.89. The van der Waals surface area contributed by atoms with E-state index in [1.165, 1.54) is 24.3 Å². The van der Waals surface area contributed by atoms with Gasteiger partial charge in [-0.1, -0.05) is 12.1 Å². The molecule has 0 spiro atoms. The average molecular weight is 460 g/mol. The number of carbonyl (C=O) groups excluding carboxylic acids is 2. The predicted molar refractivity (Wildman–Crippen MR) is 124 cm³/mol. The number of imide groups is 1. The molecule has 2 heterocycles. The molecule has 2 aliphatic rings. The van der Waals surface area contributed by atoms with Crippen LogP contribution in [-0.4, -0.2) is 31.6 Å². The van der Waals surface area contributed by atoms with Crippen LogP contribution >= 0.6 is 0 Å². The first-order chi connectivity index (χ1) is 16.5. The van der Waals surface area contributed by atoms with E-state index in [1.807, 2.05) is 6.92 Å². The molecule has 0 bridgehead atoms. The van der Waals surface area contributed by atoms with E-state index < -0.39 is 17.6 Å². The molecule has 0 saturated heterocycles. The molecule has 172 valence electrons. The molecule has 0 fully saturated rings. The van der Waals surface area contributed by atoms with E-state index in [0.717, 1.165) is 4.90 Å². The number of anilines is 2. The molecule has 0 aliphatic carbocycles. The van der Waals surface area contributed by atoms with Gasteiger partial charge in [0.05, 0.1) is 17.9 Å². The zero-order valence-corrected chi connectivity index (χ0v) is 18.3. The minimum Gasteiger partial charge on any atom is -0.494 e. The van der Waals surface area contributed by atoms with Crippen LogP contribution in [0.25, 0.3) is 5.57 Å². The van der Waals surface area contributed by atoms with Crippen molar-refractivity contribution in [3.8, 4) is 17.2 Å². The average Bonchev–Trinajstić information content (AvgIpc) is 3.09. The summed E-state index contributed by atoms with van der Waals surface area (Å²) >= 11 is 0. The molecule has 1 N–H and O–H groups in total. The molecule has 0 aromatic heterocycles. The molecule has 2 amide bonds. The number of hydrogen-bond acceptors (Lipinski definition) is 6. The molecule has 5 rings (SSSR count). The van der Waals surface area contributed by atoms with Crippen molar-refractivity contribution < 1.29 is 28.2 Å². The largest absolute Gasteiger partial charge is 0.494 e. The van der Waals surface area contributed by atoms with Gasteiger partial charge in [-0.05, 0) is 61.0 Å². The maximum absolute atomic E-state index is 13.6. The van der Waals surface area contributed by atoms with E-state index in [4.69, 9.17) is 14.2 Å². The number of carbonyl (C=O) groups is 2. The summed E-state index contributed by atoms with van der Waals surface area (Å²) in [7, 11) is 0. The topological polar surface area (TPSA) is 77.1 Å². The Morgan fingerprint density at radius 2 is 1.62 bits per heavy atom. The van der Waals surface area contributed by atoms with E-state index in [9.17, 15) is 14.0 Å². The molecule has 34 heavy (non-hydrogen) atoms. The van der Waals surface area contributed by atoms with Crippen molar-refractivity contribution in [2.24, 2.45) is 0 Å². The summed E-state index contributed by atoms with van der Waals surface area (Å²) in [6.45, 7) is 3.25. The van der Waals surface area contributed by atoms with Gasteiger partial charge in [0.2, 0.25) is 0 Å². The van der Waals surface area contributed by atoms with Gasteiger partial charge in [-0.25, -0.2) is 9.29 Å². The van der Waals surface area contributed by atoms with Crippen LogP contribution in [0.5, 0.6) is 17.2 Å². The second-order valence-corrected chi connectivity index (χ2v) is 7.61. The number of ether oxygens (including phenoxy) is 3. The molecule has 0 unspecified atom stereocenters. The number of hydrogen-bond donors (Lipinski definition) is 1. The van der Waals surface area contributed by atoms with Gasteiger partial charge >= 0.3 is 0 Å². The quantitative estimate of drug-likeness (QED) is 0.550. The molecule has 3 aromatic rings. The first-order valence-electron chi connectivity index (χ1n) is 10.8. The summed E-state index contributed by atoms with van der Waals surface area (Å²) in [6.07, 6.45) is 0. The van der Waals surface area contributed by atoms with Crippen LogP contribution in [0.2, 0.25) is 0 Å². The van der Waals surface area contributed by atoms with Crippen LogP contribution in [0.3, 0.4) is 0 Å². The van der Waals surface area contributed by atoms with E-state index >= 15 is 0 Å². The molecule has 8 heteroatoms. The number of benzene rings is 3. The Balaban J connectivity index is 1.54. The van der Waals surface area contributed by atoms with Crippen molar-refractivity contribution in [2.45, 2.75) is 6.92 Å². The molecule has 3 aromatic carbocycles. The Kier molecular flexibility index (Phi) is 5.63.